The van der Waals surface area contributed by atoms with Gasteiger partial charge in [-0.05, 0) is 55.7 Å². The lowest BCUT2D eigenvalue weighted by Gasteiger charge is -2.25. The highest BCUT2D eigenvalue weighted by atomic mass is 32.2. The summed E-state index contributed by atoms with van der Waals surface area (Å²) in [5, 5.41) is 9.31. The maximum Gasteiger partial charge on any atom is 0.264 e. The Balaban J connectivity index is 1.90. The summed E-state index contributed by atoms with van der Waals surface area (Å²) >= 11 is 0. The summed E-state index contributed by atoms with van der Waals surface area (Å²) < 4.78 is 29.1. The summed E-state index contributed by atoms with van der Waals surface area (Å²) in [5.74, 6) is -0.282. The smallest absolute Gasteiger partial charge is 0.264 e. The van der Waals surface area contributed by atoms with Crippen molar-refractivity contribution < 1.29 is 23.2 Å². The maximum absolute atomic E-state index is 12.9. The first-order valence-electron chi connectivity index (χ1n) is 9.97. The van der Waals surface area contributed by atoms with Crippen molar-refractivity contribution in [2.24, 2.45) is 0 Å². The highest BCUT2D eigenvalue weighted by Gasteiger charge is 2.43. The predicted octanol–water partition coefficient (Wildman–Crippen LogP) is 2.16. The Bertz CT molecular complexity index is 1300. The van der Waals surface area contributed by atoms with Crippen LogP contribution in [0.25, 0.3) is 22.0 Å². The summed E-state index contributed by atoms with van der Waals surface area (Å²) in [6, 6.07) is 12.9. The van der Waals surface area contributed by atoms with Crippen LogP contribution in [0.2, 0.25) is 0 Å². The average Bonchev–Trinajstić information content (AvgIpc) is 2.77. The van der Waals surface area contributed by atoms with E-state index in [4.69, 9.17) is 9.94 Å². The van der Waals surface area contributed by atoms with Gasteiger partial charge < -0.3 is 4.74 Å². The van der Waals surface area contributed by atoms with Gasteiger partial charge in [-0.25, -0.2) is 18.9 Å². The molecular weight excluding hydrogens is 434 g/mol. The van der Waals surface area contributed by atoms with Gasteiger partial charge in [-0.2, -0.15) is 0 Å². The largest absolute Gasteiger partial charge is 0.494 e. The molecule has 1 atom stereocenters. The van der Waals surface area contributed by atoms with Gasteiger partial charge in [0.1, 0.15) is 5.75 Å². The van der Waals surface area contributed by atoms with Gasteiger partial charge in [0.25, 0.3) is 11.5 Å². The fraction of sp³-hybridized carbons (Fsp3) is 0.318. The van der Waals surface area contributed by atoms with E-state index in [9.17, 15) is 18.0 Å². The number of aromatic nitrogens is 2. The number of sulfone groups is 1. The summed E-state index contributed by atoms with van der Waals surface area (Å²) in [6.45, 7) is 3.63. The minimum Gasteiger partial charge on any atom is -0.494 e. The highest BCUT2D eigenvalue weighted by Crippen LogP contribution is 2.25. The van der Waals surface area contributed by atoms with Crippen LogP contribution < -0.4 is 15.8 Å². The number of nitrogens with one attached hydrogen (secondary N) is 1. The van der Waals surface area contributed by atoms with E-state index >= 15 is 0 Å². The number of nitrogens with zero attached hydrogens (tertiary/aromatic N) is 2. The molecule has 2 aromatic carbocycles. The van der Waals surface area contributed by atoms with Crippen molar-refractivity contribution in [3.63, 3.8) is 0 Å². The number of amides is 1. The number of ether oxygens (including phenoxy) is 1. The molecule has 10 heteroatoms. The standard InChI is InChI=1S/C22H25N3O6S/c1-4-31-17-8-5-15(6-9-17)16-7-10-18-19(13-16)23-14-25(20(18)26)12-11-22(2,21(27)24-28)32(3,29)30/h5-10,13-14,28H,4,11-12H2,1-3H3,(H,24,27)/t22-/m1/s1. The quantitative estimate of drug-likeness (QED) is 0.390. The van der Waals surface area contributed by atoms with Gasteiger partial charge in [0.2, 0.25) is 0 Å². The number of hydrogen-bond acceptors (Lipinski definition) is 7. The maximum atomic E-state index is 12.9. The summed E-state index contributed by atoms with van der Waals surface area (Å²) in [7, 11) is -3.86. The topological polar surface area (TPSA) is 128 Å². The van der Waals surface area contributed by atoms with E-state index in [1.807, 2.05) is 37.3 Å². The zero-order chi connectivity index (χ0) is 23.5. The molecule has 32 heavy (non-hydrogen) atoms. The summed E-state index contributed by atoms with van der Waals surface area (Å²) in [6.07, 6.45) is 2.02. The van der Waals surface area contributed by atoms with Crippen LogP contribution >= 0.6 is 0 Å². The van der Waals surface area contributed by atoms with Crippen LogP contribution in [0.1, 0.15) is 20.3 Å². The first kappa shape index (κ1) is 23.4. The van der Waals surface area contributed by atoms with Crippen LogP contribution in [-0.4, -0.2) is 46.7 Å². The molecule has 0 saturated carbocycles. The molecule has 0 unspecified atom stereocenters. The van der Waals surface area contributed by atoms with Gasteiger partial charge in [-0.3, -0.25) is 19.4 Å². The van der Waals surface area contributed by atoms with E-state index in [0.717, 1.165) is 23.1 Å². The van der Waals surface area contributed by atoms with Crippen LogP contribution in [0.15, 0.2) is 53.6 Å². The van der Waals surface area contributed by atoms with Crippen LogP contribution in [-0.2, 0) is 21.2 Å². The Morgan fingerprint density at radius 3 is 2.44 bits per heavy atom. The second kappa shape index (κ2) is 9.09. The van der Waals surface area contributed by atoms with E-state index < -0.39 is 20.5 Å². The Kier molecular flexibility index (Phi) is 6.65. The lowest BCUT2D eigenvalue weighted by Crippen LogP contribution is -2.50. The van der Waals surface area contributed by atoms with Gasteiger partial charge in [-0.15, -0.1) is 0 Å². The third kappa shape index (κ3) is 4.51. The first-order chi connectivity index (χ1) is 15.1. The van der Waals surface area contributed by atoms with Crippen molar-refractivity contribution in [3.8, 4) is 16.9 Å². The van der Waals surface area contributed by atoms with Gasteiger partial charge in [-0.1, -0.05) is 18.2 Å². The molecule has 170 valence electrons. The number of fused-ring (bicyclic) bond motifs is 1. The van der Waals surface area contributed by atoms with Crippen molar-refractivity contribution >= 4 is 26.6 Å². The predicted molar refractivity (Wildman–Crippen MR) is 120 cm³/mol. The molecule has 0 aliphatic rings. The molecular formula is C22H25N3O6S. The molecule has 1 amide bonds. The summed E-state index contributed by atoms with van der Waals surface area (Å²) in [5.41, 5.74) is 3.37. The third-order valence-corrected chi connectivity index (χ3v) is 7.58. The number of rotatable bonds is 8. The van der Waals surface area contributed by atoms with Crippen LogP contribution in [0, 0.1) is 0 Å². The van der Waals surface area contributed by atoms with Gasteiger partial charge in [0.05, 0.1) is 23.8 Å². The van der Waals surface area contributed by atoms with Crippen molar-refractivity contribution in [1.82, 2.24) is 15.0 Å². The van der Waals surface area contributed by atoms with Crippen molar-refractivity contribution in [2.45, 2.75) is 31.6 Å². The average molecular weight is 460 g/mol. The lowest BCUT2D eigenvalue weighted by atomic mass is 10.0. The SMILES string of the molecule is CCOc1ccc(-c2ccc3c(=O)n(CC[C@](C)(C(=O)NO)S(C)(=O)=O)cnc3c2)cc1. The molecule has 0 spiro atoms. The van der Waals surface area contributed by atoms with Crippen LogP contribution in [0.4, 0.5) is 0 Å². The molecule has 1 aromatic heterocycles. The van der Waals surface area contributed by atoms with Crippen LogP contribution in [0.5, 0.6) is 5.75 Å². The molecule has 1 heterocycles. The van der Waals surface area contributed by atoms with Gasteiger partial charge in [0.15, 0.2) is 14.6 Å². The second-order valence-electron chi connectivity index (χ2n) is 7.63. The number of hydroxylamine groups is 1. The van der Waals surface area contributed by atoms with E-state index in [0.29, 0.717) is 17.5 Å². The first-order valence-corrected chi connectivity index (χ1v) is 11.9. The Labute approximate surface area is 185 Å². The fourth-order valence-corrected chi connectivity index (χ4v) is 4.17. The zero-order valence-corrected chi connectivity index (χ0v) is 18.8. The van der Waals surface area contributed by atoms with E-state index in [2.05, 4.69) is 4.98 Å². The Hall–Kier alpha value is -3.24. The Morgan fingerprint density at radius 2 is 1.84 bits per heavy atom. The highest BCUT2D eigenvalue weighted by molar-refractivity contribution is 7.92. The van der Waals surface area contributed by atoms with E-state index in [-0.39, 0.29) is 18.5 Å². The molecule has 3 aromatic rings. The van der Waals surface area contributed by atoms with Gasteiger partial charge in [0, 0.05) is 12.8 Å². The number of benzene rings is 2. The summed E-state index contributed by atoms with van der Waals surface area (Å²) in [4.78, 5) is 29.2. The number of carbonyl (C=O) groups excluding carboxylic acids is 1. The molecule has 0 radical (unpaired) electrons. The van der Waals surface area contributed by atoms with Crippen LogP contribution in [0.3, 0.4) is 0 Å². The Morgan fingerprint density at radius 1 is 1.19 bits per heavy atom. The molecule has 0 aliphatic carbocycles. The number of aryl methyl sites for hydroxylation is 1. The molecule has 0 saturated heterocycles. The van der Waals surface area contributed by atoms with E-state index in [1.54, 1.807) is 12.1 Å². The minimum atomic E-state index is -3.86. The molecule has 3 rings (SSSR count). The lowest BCUT2D eigenvalue weighted by molar-refractivity contribution is -0.131. The molecule has 9 nitrogen and oxygen atoms in total. The second-order valence-corrected chi connectivity index (χ2v) is 10.1. The third-order valence-electron chi connectivity index (χ3n) is 5.55. The number of hydrogen-bond donors (Lipinski definition) is 2. The molecule has 0 fully saturated rings. The monoisotopic (exact) mass is 459 g/mol. The number of carbonyl (C=O) groups is 1. The van der Waals surface area contributed by atoms with Crippen molar-refractivity contribution in [1.29, 1.82) is 0 Å². The van der Waals surface area contributed by atoms with Gasteiger partial charge >= 0.3 is 0 Å². The minimum absolute atomic E-state index is 0.0700. The molecule has 0 aliphatic heterocycles. The normalized spacial score (nSPS) is 13.5. The molecule has 2 N–H and O–H groups in total. The van der Waals surface area contributed by atoms with E-state index in [1.165, 1.54) is 23.3 Å². The molecule has 0 bridgehead atoms. The van der Waals surface area contributed by atoms with Crippen molar-refractivity contribution in [2.75, 3.05) is 12.9 Å². The zero-order valence-electron chi connectivity index (χ0n) is 18.0. The fourth-order valence-electron chi connectivity index (χ4n) is 3.33. The van der Waals surface area contributed by atoms with Crippen molar-refractivity contribution in [3.05, 3.63) is 59.1 Å².